The second-order valence-electron chi connectivity index (χ2n) is 8.23. The Bertz CT molecular complexity index is 1760. The Labute approximate surface area is 218 Å². The molecule has 5 aromatic rings. The van der Waals surface area contributed by atoms with Crippen LogP contribution in [0.5, 0.6) is 5.75 Å². The van der Waals surface area contributed by atoms with Gasteiger partial charge in [0.2, 0.25) is 0 Å². The summed E-state index contributed by atoms with van der Waals surface area (Å²) < 4.78 is 34.2. The molecule has 0 saturated carbocycles. The fraction of sp³-hybridized carbons (Fsp3) is 0. The van der Waals surface area contributed by atoms with Gasteiger partial charge in [0.05, 0.1) is 17.1 Å². The highest BCUT2D eigenvalue weighted by molar-refractivity contribution is 7.86. The maximum Gasteiger partial charge on any atom is 0.296 e. The third kappa shape index (κ3) is 5.72. The Balaban J connectivity index is 1.45. The van der Waals surface area contributed by atoms with Crippen LogP contribution in [0.2, 0.25) is 0 Å². The van der Waals surface area contributed by atoms with Crippen LogP contribution in [0.15, 0.2) is 135 Å². The number of anilines is 2. The van der Waals surface area contributed by atoms with Crippen LogP contribution in [0.25, 0.3) is 10.8 Å². The number of nitrogens with one attached hydrogen (secondary N) is 1. The minimum atomic E-state index is -4.73. The van der Waals surface area contributed by atoms with Gasteiger partial charge in [-0.05, 0) is 78.2 Å². The lowest BCUT2D eigenvalue weighted by atomic mass is 10.1. The molecular weight excluding hydrogens is 502 g/mol. The number of hydrogen-bond acceptors (Lipinski definition) is 8. The van der Waals surface area contributed by atoms with Crippen molar-refractivity contribution < 1.29 is 18.1 Å². The van der Waals surface area contributed by atoms with Crippen LogP contribution in [0.4, 0.5) is 34.1 Å². The van der Waals surface area contributed by atoms with E-state index >= 15 is 0 Å². The molecule has 0 heterocycles. The van der Waals surface area contributed by atoms with Crippen LogP contribution in [0.3, 0.4) is 0 Å². The van der Waals surface area contributed by atoms with Crippen LogP contribution in [0.1, 0.15) is 0 Å². The molecule has 188 valence electrons. The van der Waals surface area contributed by atoms with Gasteiger partial charge >= 0.3 is 0 Å². The quantitative estimate of drug-likeness (QED) is 0.145. The normalized spacial score (nSPS) is 11.9. The third-order valence-corrected chi connectivity index (χ3v) is 6.41. The van der Waals surface area contributed by atoms with Gasteiger partial charge in [-0.3, -0.25) is 4.55 Å². The van der Waals surface area contributed by atoms with Crippen LogP contribution in [-0.2, 0) is 10.1 Å². The van der Waals surface area contributed by atoms with Gasteiger partial charge in [-0.1, -0.05) is 36.4 Å². The summed E-state index contributed by atoms with van der Waals surface area (Å²) in [5, 5.41) is 31.2. The Kier molecular flexibility index (Phi) is 6.90. The van der Waals surface area contributed by atoms with E-state index in [0.717, 1.165) is 5.69 Å². The maximum absolute atomic E-state index is 12.2. The lowest BCUT2D eigenvalue weighted by Crippen LogP contribution is -1.99. The number of nitrogens with zero attached hydrogens (tertiary/aromatic N) is 4. The van der Waals surface area contributed by atoms with Gasteiger partial charge in [0.25, 0.3) is 10.1 Å². The molecule has 10 heteroatoms. The van der Waals surface area contributed by atoms with E-state index in [1.54, 1.807) is 42.5 Å². The molecule has 0 aromatic heterocycles. The highest BCUT2D eigenvalue weighted by Crippen LogP contribution is 2.42. The van der Waals surface area contributed by atoms with Crippen molar-refractivity contribution in [2.45, 2.75) is 4.90 Å². The van der Waals surface area contributed by atoms with Crippen molar-refractivity contribution in [1.82, 2.24) is 0 Å². The van der Waals surface area contributed by atoms with Crippen molar-refractivity contribution in [2.75, 3.05) is 5.32 Å². The Morgan fingerprint density at radius 2 is 1.16 bits per heavy atom. The van der Waals surface area contributed by atoms with Gasteiger partial charge in [0.1, 0.15) is 10.6 Å². The molecule has 0 amide bonds. The molecule has 0 aliphatic rings. The SMILES string of the molecule is O=S(=O)(O)c1cc2cc(Nc3ccccc3)ccc2c(O)c1N=Nc1ccc(N=Nc2ccccc2)cc1. The summed E-state index contributed by atoms with van der Waals surface area (Å²) >= 11 is 0. The highest BCUT2D eigenvalue weighted by Gasteiger charge is 2.22. The van der Waals surface area contributed by atoms with Gasteiger partial charge in [-0.25, -0.2) is 0 Å². The molecule has 0 fully saturated rings. The van der Waals surface area contributed by atoms with Gasteiger partial charge in [0, 0.05) is 16.8 Å². The number of hydrogen-bond donors (Lipinski definition) is 3. The van der Waals surface area contributed by atoms with Crippen LogP contribution >= 0.6 is 0 Å². The fourth-order valence-corrected chi connectivity index (χ4v) is 4.37. The monoisotopic (exact) mass is 523 g/mol. The second-order valence-corrected chi connectivity index (χ2v) is 9.62. The topological polar surface area (TPSA) is 136 Å². The number of aromatic hydroxyl groups is 1. The summed E-state index contributed by atoms with van der Waals surface area (Å²) in [5.74, 6) is -0.418. The predicted molar refractivity (Wildman–Crippen MR) is 146 cm³/mol. The third-order valence-electron chi connectivity index (χ3n) is 5.54. The second kappa shape index (κ2) is 10.6. The van der Waals surface area contributed by atoms with E-state index in [0.29, 0.717) is 33.5 Å². The summed E-state index contributed by atoms with van der Waals surface area (Å²) in [5.41, 5.74) is 2.82. The number of phenolic OH excluding ortho intramolecular Hbond substituents is 1. The standard InChI is InChI=1S/C28H21N5O4S/c34-28-25-16-15-24(29-20-7-3-1-4-8-20)17-19(25)18-26(38(35,36)37)27(28)33-32-23-13-11-22(12-14-23)31-30-21-9-5-2-6-10-21/h1-18,29,34H,(H,35,36,37). The first-order valence-electron chi connectivity index (χ1n) is 11.4. The Morgan fingerprint density at radius 3 is 1.76 bits per heavy atom. The molecule has 0 unspecified atom stereocenters. The first-order valence-corrected chi connectivity index (χ1v) is 12.9. The predicted octanol–water partition coefficient (Wildman–Crippen LogP) is 8.37. The fourth-order valence-electron chi connectivity index (χ4n) is 3.71. The van der Waals surface area contributed by atoms with Crippen molar-refractivity contribution in [2.24, 2.45) is 20.5 Å². The van der Waals surface area contributed by atoms with Gasteiger partial charge in [-0.15, -0.1) is 5.11 Å². The number of fused-ring (bicyclic) bond motifs is 1. The molecule has 5 rings (SSSR count). The van der Waals surface area contributed by atoms with E-state index in [4.69, 9.17) is 0 Å². The first kappa shape index (κ1) is 24.8. The molecule has 0 aliphatic carbocycles. The van der Waals surface area contributed by atoms with E-state index in [1.807, 2.05) is 60.7 Å². The molecule has 0 spiro atoms. The molecular formula is C28H21N5O4S. The molecule has 0 bridgehead atoms. The zero-order chi connectivity index (χ0) is 26.5. The average molecular weight is 524 g/mol. The van der Waals surface area contributed by atoms with E-state index < -0.39 is 20.8 Å². The Morgan fingerprint density at radius 1 is 0.605 bits per heavy atom. The van der Waals surface area contributed by atoms with Crippen molar-refractivity contribution in [3.05, 3.63) is 109 Å². The van der Waals surface area contributed by atoms with Crippen molar-refractivity contribution in [3.63, 3.8) is 0 Å². The van der Waals surface area contributed by atoms with Crippen molar-refractivity contribution in [1.29, 1.82) is 0 Å². The number of phenols is 1. The Hall–Kier alpha value is -4.93. The first-order chi connectivity index (χ1) is 18.4. The minimum Gasteiger partial charge on any atom is -0.505 e. The maximum atomic E-state index is 12.2. The lowest BCUT2D eigenvalue weighted by Gasteiger charge is -2.11. The lowest BCUT2D eigenvalue weighted by molar-refractivity contribution is 0.472. The summed E-state index contributed by atoms with van der Waals surface area (Å²) in [6.45, 7) is 0. The van der Waals surface area contributed by atoms with Crippen molar-refractivity contribution in [3.8, 4) is 5.75 Å². The molecule has 9 nitrogen and oxygen atoms in total. The van der Waals surface area contributed by atoms with E-state index in [1.165, 1.54) is 6.07 Å². The van der Waals surface area contributed by atoms with E-state index in [9.17, 15) is 18.1 Å². The number of azo groups is 2. The largest absolute Gasteiger partial charge is 0.505 e. The van der Waals surface area contributed by atoms with E-state index in [-0.39, 0.29) is 5.69 Å². The molecule has 0 atom stereocenters. The van der Waals surface area contributed by atoms with E-state index in [2.05, 4.69) is 25.8 Å². The minimum absolute atomic E-state index is 0.349. The smallest absolute Gasteiger partial charge is 0.296 e. The molecule has 38 heavy (non-hydrogen) atoms. The van der Waals surface area contributed by atoms with Crippen LogP contribution < -0.4 is 5.32 Å². The summed E-state index contributed by atoms with van der Waals surface area (Å²) in [4.78, 5) is -0.559. The highest BCUT2D eigenvalue weighted by atomic mass is 32.2. The molecule has 3 N–H and O–H groups in total. The molecule has 0 saturated heterocycles. The molecule has 0 radical (unpaired) electrons. The van der Waals surface area contributed by atoms with Gasteiger partial charge in [0.15, 0.2) is 5.75 Å². The van der Waals surface area contributed by atoms with Crippen molar-refractivity contribution >= 4 is 55.0 Å². The summed E-state index contributed by atoms with van der Waals surface area (Å²) in [6.07, 6.45) is 0. The molecule has 0 aliphatic heterocycles. The molecule has 5 aromatic carbocycles. The van der Waals surface area contributed by atoms with Gasteiger partial charge < -0.3 is 10.4 Å². The number of rotatable bonds is 7. The van der Waals surface area contributed by atoms with Crippen LogP contribution in [0, 0.1) is 0 Å². The van der Waals surface area contributed by atoms with Gasteiger partial charge in [-0.2, -0.15) is 23.8 Å². The zero-order valence-electron chi connectivity index (χ0n) is 19.8. The van der Waals surface area contributed by atoms with Crippen LogP contribution in [-0.4, -0.2) is 18.1 Å². The number of para-hydroxylation sites is 1. The number of benzene rings is 5. The summed E-state index contributed by atoms with van der Waals surface area (Å²) in [6, 6.07) is 31.6. The summed E-state index contributed by atoms with van der Waals surface area (Å²) in [7, 11) is -4.73. The zero-order valence-corrected chi connectivity index (χ0v) is 20.6. The average Bonchev–Trinajstić information content (AvgIpc) is 2.92.